The minimum absolute atomic E-state index is 0.129. The highest BCUT2D eigenvalue weighted by molar-refractivity contribution is 7.15. The number of thiazole rings is 1. The number of hydrogen-bond donors (Lipinski definition) is 0. The standard InChI is InChI=1S/C10H13NO3S/c1-4-14-10(13)9-11-8(6(2)3)7(5-12)15-9/h5-6H,4H2,1-3H3. The van der Waals surface area contributed by atoms with Crippen molar-refractivity contribution in [2.45, 2.75) is 26.7 Å². The summed E-state index contributed by atoms with van der Waals surface area (Å²) in [6.45, 7) is 5.90. The van der Waals surface area contributed by atoms with Gasteiger partial charge in [0.1, 0.15) is 0 Å². The van der Waals surface area contributed by atoms with E-state index in [2.05, 4.69) is 4.98 Å². The molecule has 0 saturated heterocycles. The van der Waals surface area contributed by atoms with Gasteiger partial charge in [-0.05, 0) is 12.8 Å². The summed E-state index contributed by atoms with van der Waals surface area (Å²) in [7, 11) is 0. The normalized spacial score (nSPS) is 10.4. The Morgan fingerprint density at radius 2 is 2.27 bits per heavy atom. The molecule has 0 unspecified atom stereocenters. The lowest BCUT2D eigenvalue weighted by Crippen LogP contribution is -2.04. The van der Waals surface area contributed by atoms with Crippen molar-refractivity contribution < 1.29 is 14.3 Å². The molecule has 1 aromatic heterocycles. The number of esters is 1. The van der Waals surface area contributed by atoms with Gasteiger partial charge in [-0.2, -0.15) is 0 Å². The molecule has 0 radical (unpaired) electrons. The molecule has 0 saturated carbocycles. The summed E-state index contributed by atoms with van der Waals surface area (Å²) in [6.07, 6.45) is 0.732. The smallest absolute Gasteiger partial charge is 0.367 e. The summed E-state index contributed by atoms with van der Waals surface area (Å²) >= 11 is 1.08. The number of aldehydes is 1. The van der Waals surface area contributed by atoms with Gasteiger partial charge in [-0.15, -0.1) is 11.3 Å². The third kappa shape index (κ3) is 2.62. The molecule has 4 nitrogen and oxygen atoms in total. The van der Waals surface area contributed by atoms with Gasteiger partial charge in [-0.3, -0.25) is 4.79 Å². The van der Waals surface area contributed by atoms with Crippen LogP contribution in [-0.4, -0.2) is 23.8 Å². The Kier molecular flexibility index (Phi) is 3.96. The van der Waals surface area contributed by atoms with Crippen LogP contribution in [0.1, 0.15) is 51.9 Å². The topological polar surface area (TPSA) is 56.3 Å². The monoisotopic (exact) mass is 227 g/mol. The molecule has 0 N–H and O–H groups in total. The molecular formula is C10H13NO3S. The minimum atomic E-state index is -0.461. The molecular weight excluding hydrogens is 214 g/mol. The number of hydrogen-bond acceptors (Lipinski definition) is 5. The van der Waals surface area contributed by atoms with E-state index in [9.17, 15) is 9.59 Å². The molecule has 0 amide bonds. The molecule has 1 rings (SSSR count). The van der Waals surface area contributed by atoms with E-state index >= 15 is 0 Å². The fraction of sp³-hybridized carbons (Fsp3) is 0.500. The lowest BCUT2D eigenvalue weighted by atomic mass is 10.1. The van der Waals surface area contributed by atoms with Crippen molar-refractivity contribution in [3.63, 3.8) is 0 Å². The number of nitrogens with zero attached hydrogens (tertiary/aromatic N) is 1. The molecule has 0 aliphatic heterocycles. The Labute approximate surface area is 92.3 Å². The fourth-order valence-corrected chi connectivity index (χ4v) is 2.05. The summed E-state index contributed by atoms with van der Waals surface area (Å²) in [5.41, 5.74) is 0.665. The van der Waals surface area contributed by atoms with Crippen LogP contribution in [0.2, 0.25) is 0 Å². The molecule has 0 bridgehead atoms. The molecule has 0 aromatic carbocycles. The Bertz CT molecular complexity index is 371. The minimum Gasteiger partial charge on any atom is -0.461 e. The van der Waals surface area contributed by atoms with E-state index < -0.39 is 5.97 Å². The highest BCUT2D eigenvalue weighted by atomic mass is 32.1. The van der Waals surface area contributed by atoms with Crippen LogP contribution in [0, 0.1) is 0 Å². The average Bonchev–Trinajstić information content (AvgIpc) is 2.61. The Hall–Kier alpha value is -1.23. The Morgan fingerprint density at radius 1 is 1.60 bits per heavy atom. The zero-order chi connectivity index (χ0) is 11.4. The fourth-order valence-electron chi connectivity index (χ4n) is 1.12. The maximum absolute atomic E-state index is 11.4. The van der Waals surface area contributed by atoms with Crippen molar-refractivity contribution in [2.24, 2.45) is 0 Å². The van der Waals surface area contributed by atoms with Crippen LogP contribution in [0.5, 0.6) is 0 Å². The van der Waals surface area contributed by atoms with Crippen molar-refractivity contribution in [1.29, 1.82) is 0 Å². The van der Waals surface area contributed by atoms with Crippen LogP contribution < -0.4 is 0 Å². The molecule has 0 atom stereocenters. The predicted molar refractivity (Wildman–Crippen MR) is 57.5 cm³/mol. The van der Waals surface area contributed by atoms with Gasteiger partial charge in [-0.1, -0.05) is 13.8 Å². The van der Waals surface area contributed by atoms with Crippen molar-refractivity contribution in [2.75, 3.05) is 6.61 Å². The number of ether oxygens (including phenoxy) is 1. The van der Waals surface area contributed by atoms with Crippen molar-refractivity contribution in [3.8, 4) is 0 Å². The molecule has 82 valence electrons. The molecule has 1 heterocycles. The number of aromatic nitrogens is 1. The summed E-state index contributed by atoms with van der Waals surface area (Å²) in [4.78, 5) is 26.7. The first-order valence-corrected chi connectivity index (χ1v) is 5.54. The second kappa shape index (κ2) is 5.02. The molecule has 1 aromatic rings. The zero-order valence-corrected chi connectivity index (χ0v) is 9.76. The third-order valence-electron chi connectivity index (χ3n) is 1.79. The van der Waals surface area contributed by atoms with Gasteiger partial charge in [-0.25, -0.2) is 9.78 Å². The van der Waals surface area contributed by atoms with Gasteiger partial charge < -0.3 is 4.74 Å². The average molecular weight is 227 g/mol. The van der Waals surface area contributed by atoms with Gasteiger partial charge in [0.05, 0.1) is 17.2 Å². The molecule has 5 heteroatoms. The Morgan fingerprint density at radius 3 is 2.67 bits per heavy atom. The second-order valence-electron chi connectivity index (χ2n) is 3.26. The Balaban J connectivity index is 3.02. The maximum Gasteiger partial charge on any atom is 0.367 e. The highest BCUT2D eigenvalue weighted by Gasteiger charge is 2.18. The second-order valence-corrected chi connectivity index (χ2v) is 4.29. The van der Waals surface area contributed by atoms with Crippen molar-refractivity contribution in [3.05, 3.63) is 15.6 Å². The van der Waals surface area contributed by atoms with Gasteiger partial charge >= 0.3 is 5.97 Å². The summed E-state index contributed by atoms with van der Waals surface area (Å²) in [5, 5.41) is 0.252. The predicted octanol–water partition coefficient (Wildman–Crippen LogP) is 2.26. The van der Waals surface area contributed by atoms with E-state index in [0.29, 0.717) is 17.2 Å². The van der Waals surface area contributed by atoms with E-state index in [1.807, 2.05) is 13.8 Å². The molecule has 0 aliphatic carbocycles. The van der Waals surface area contributed by atoms with E-state index in [4.69, 9.17) is 4.74 Å². The van der Waals surface area contributed by atoms with Crippen molar-refractivity contribution >= 4 is 23.6 Å². The van der Waals surface area contributed by atoms with Crippen molar-refractivity contribution in [1.82, 2.24) is 4.98 Å². The van der Waals surface area contributed by atoms with Gasteiger partial charge in [0, 0.05) is 0 Å². The quantitative estimate of drug-likeness (QED) is 0.584. The first kappa shape index (κ1) is 11.8. The SMILES string of the molecule is CCOC(=O)c1nc(C(C)C)c(C=O)s1. The first-order chi connectivity index (χ1) is 7.10. The van der Waals surface area contributed by atoms with E-state index in [1.54, 1.807) is 6.92 Å². The van der Waals surface area contributed by atoms with E-state index in [-0.39, 0.29) is 10.9 Å². The first-order valence-electron chi connectivity index (χ1n) is 4.73. The molecule has 0 aliphatic rings. The summed E-state index contributed by atoms with van der Waals surface area (Å²) in [5.74, 6) is -0.331. The van der Waals surface area contributed by atoms with E-state index in [1.165, 1.54) is 0 Å². The lowest BCUT2D eigenvalue weighted by Gasteiger charge is -1.99. The van der Waals surface area contributed by atoms with Crippen LogP contribution in [0.15, 0.2) is 0 Å². The third-order valence-corrected chi connectivity index (χ3v) is 2.76. The molecule has 15 heavy (non-hydrogen) atoms. The zero-order valence-electron chi connectivity index (χ0n) is 8.94. The highest BCUT2D eigenvalue weighted by Crippen LogP contribution is 2.23. The maximum atomic E-state index is 11.4. The van der Waals surface area contributed by atoms with E-state index in [0.717, 1.165) is 17.6 Å². The van der Waals surface area contributed by atoms with Gasteiger partial charge in [0.25, 0.3) is 0 Å². The van der Waals surface area contributed by atoms with Crippen LogP contribution in [0.25, 0.3) is 0 Å². The van der Waals surface area contributed by atoms with Crippen LogP contribution in [-0.2, 0) is 4.74 Å². The summed E-state index contributed by atoms with van der Waals surface area (Å²) < 4.78 is 4.81. The number of carbonyl (C=O) groups is 2. The van der Waals surface area contributed by atoms with Crippen LogP contribution in [0.4, 0.5) is 0 Å². The van der Waals surface area contributed by atoms with Gasteiger partial charge in [0.15, 0.2) is 6.29 Å². The molecule has 0 fully saturated rings. The number of rotatable bonds is 4. The van der Waals surface area contributed by atoms with Gasteiger partial charge in [0.2, 0.25) is 5.01 Å². The number of carbonyl (C=O) groups excluding carboxylic acids is 2. The lowest BCUT2D eigenvalue weighted by molar-refractivity contribution is 0.0525. The largest absolute Gasteiger partial charge is 0.461 e. The summed E-state index contributed by atoms with van der Waals surface area (Å²) in [6, 6.07) is 0. The van der Waals surface area contributed by atoms with Crippen LogP contribution in [0.3, 0.4) is 0 Å². The molecule has 0 spiro atoms. The van der Waals surface area contributed by atoms with Crippen LogP contribution >= 0.6 is 11.3 Å².